The van der Waals surface area contributed by atoms with E-state index in [2.05, 4.69) is 41.4 Å². The molecule has 1 aliphatic carbocycles. The van der Waals surface area contributed by atoms with Crippen LogP contribution in [0.25, 0.3) is 0 Å². The number of carbonyl (C=O) groups excluding carboxylic acids is 1. The van der Waals surface area contributed by atoms with Gasteiger partial charge in [-0.3, -0.25) is 4.79 Å². The molecule has 2 fully saturated rings. The number of nitrogens with zero attached hydrogens (tertiary/aromatic N) is 3. The number of carbonyl (C=O) groups is 1. The van der Waals surface area contributed by atoms with Crippen LogP contribution in [0.5, 0.6) is 5.75 Å². The molecule has 1 saturated carbocycles. The maximum Gasteiger partial charge on any atom is 0.219 e. The number of ether oxygens (including phenoxy) is 1. The van der Waals surface area contributed by atoms with Crippen LogP contribution >= 0.6 is 0 Å². The van der Waals surface area contributed by atoms with Gasteiger partial charge in [-0.1, -0.05) is 18.6 Å². The second-order valence-electron chi connectivity index (χ2n) is 7.69. The molecule has 1 aliphatic heterocycles. The van der Waals surface area contributed by atoms with Crippen LogP contribution in [0.2, 0.25) is 0 Å². The molecule has 28 heavy (non-hydrogen) atoms. The Hall–Kier alpha value is -2.24. The predicted molar refractivity (Wildman–Crippen MR) is 113 cm³/mol. The van der Waals surface area contributed by atoms with Crippen LogP contribution in [0.4, 0.5) is 0 Å². The standard InChI is InChI=1S/C22H34N4O2/c1-3-23-22(26-15-13-25(14-16-26)18(2)27)24-17-19-9-11-21(12-10-19)28-20-7-5-4-6-8-20/h9-12,20H,3-8,13-17H2,1-2H3,(H,23,24). The number of guanidine groups is 1. The molecule has 154 valence electrons. The lowest BCUT2D eigenvalue weighted by Gasteiger charge is -2.36. The zero-order valence-electron chi connectivity index (χ0n) is 17.3. The van der Waals surface area contributed by atoms with Gasteiger partial charge in [0.15, 0.2) is 5.96 Å². The fourth-order valence-electron chi connectivity index (χ4n) is 3.87. The minimum absolute atomic E-state index is 0.150. The number of rotatable bonds is 5. The van der Waals surface area contributed by atoms with Gasteiger partial charge >= 0.3 is 0 Å². The third-order valence-electron chi connectivity index (χ3n) is 5.55. The summed E-state index contributed by atoms with van der Waals surface area (Å²) in [5.41, 5.74) is 1.17. The first kappa shape index (κ1) is 20.5. The highest BCUT2D eigenvalue weighted by Crippen LogP contribution is 2.23. The van der Waals surface area contributed by atoms with E-state index >= 15 is 0 Å². The van der Waals surface area contributed by atoms with Crippen molar-refractivity contribution in [3.8, 4) is 5.75 Å². The van der Waals surface area contributed by atoms with Crippen molar-refractivity contribution in [2.45, 2.75) is 58.6 Å². The molecule has 0 aromatic heterocycles. The molecular weight excluding hydrogens is 352 g/mol. The van der Waals surface area contributed by atoms with E-state index in [-0.39, 0.29) is 5.91 Å². The van der Waals surface area contributed by atoms with Crippen molar-refractivity contribution in [3.05, 3.63) is 29.8 Å². The lowest BCUT2D eigenvalue weighted by atomic mass is 9.98. The van der Waals surface area contributed by atoms with Crippen molar-refractivity contribution >= 4 is 11.9 Å². The van der Waals surface area contributed by atoms with Gasteiger partial charge < -0.3 is 19.9 Å². The molecule has 3 rings (SSSR count). The molecule has 0 atom stereocenters. The summed E-state index contributed by atoms with van der Waals surface area (Å²) in [6.07, 6.45) is 6.64. The van der Waals surface area contributed by atoms with Crippen LogP contribution in [-0.4, -0.2) is 60.5 Å². The van der Waals surface area contributed by atoms with Gasteiger partial charge in [0.25, 0.3) is 0 Å². The molecule has 1 saturated heterocycles. The van der Waals surface area contributed by atoms with E-state index in [0.29, 0.717) is 12.6 Å². The van der Waals surface area contributed by atoms with Gasteiger partial charge in [0.05, 0.1) is 12.6 Å². The average Bonchev–Trinajstić information content (AvgIpc) is 2.73. The number of piperazine rings is 1. The highest BCUT2D eigenvalue weighted by atomic mass is 16.5. The Morgan fingerprint density at radius 3 is 2.32 bits per heavy atom. The Bertz CT molecular complexity index is 645. The van der Waals surface area contributed by atoms with Crippen LogP contribution in [0.15, 0.2) is 29.3 Å². The molecule has 0 bridgehead atoms. The summed E-state index contributed by atoms with van der Waals surface area (Å²) in [7, 11) is 0. The van der Waals surface area contributed by atoms with Crippen molar-refractivity contribution in [1.29, 1.82) is 0 Å². The van der Waals surface area contributed by atoms with Gasteiger partial charge in [-0.05, 0) is 50.3 Å². The maximum absolute atomic E-state index is 11.5. The van der Waals surface area contributed by atoms with E-state index in [0.717, 1.165) is 44.4 Å². The second kappa shape index (κ2) is 10.3. The highest BCUT2D eigenvalue weighted by molar-refractivity contribution is 5.80. The summed E-state index contributed by atoms with van der Waals surface area (Å²) in [6.45, 7) is 8.34. The molecule has 0 unspecified atom stereocenters. The Morgan fingerprint density at radius 1 is 1.07 bits per heavy atom. The fraction of sp³-hybridized carbons (Fsp3) is 0.636. The van der Waals surface area contributed by atoms with E-state index in [1.54, 1.807) is 6.92 Å². The monoisotopic (exact) mass is 386 g/mol. The highest BCUT2D eigenvalue weighted by Gasteiger charge is 2.20. The molecule has 6 heteroatoms. The Kier molecular flexibility index (Phi) is 7.57. The first-order chi connectivity index (χ1) is 13.7. The van der Waals surface area contributed by atoms with E-state index in [1.165, 1.54) is 37.7 Å². The SMILES string of the molecule is CCNC(=NCc1ccc(OC2CCCCC2)cc1)N1CCN(C(C)=O)CC1. The lowest BCUT2D eigenvalue weighted by Crippen LogP contribution is -2.53. The van der Waals surface area contributed by atoms with Crippen LogP contribution in [0, 0.1) is 0 Å². The van der Waals surface area contributed by atoms with Crippen molar-refractivity contribution in [2.75, 3.05) is 32.7 Å². The third kappa shape index (κ3) is 5.88. The summed E-state index contributed by atoms with van der Waals surface area (Å²) in [4.78, 5) is 20.5. The minimum Gasteiger partial charge on any atom is -0.490 e. The van der Waals surface area contributed by atoms with Crippen LogP contribution in [-0.2, 0) is 11.3 Å². The molecule has 6 nitrogen and oxygen atoms in total. The lowest BCUT2D eigenvalue weighted by molar-refractivity contribution is -0.130. The van der Waals surface area contributed by atoms with Crippen molar-refractivity contribution < 1.29 is 9.53 Å². The Balaban J connectivity index is 1.54. The van der Waals surface area contributed by atoms with E-state index in [1.807, 2.05) is 4.90 Å². The van der Waals surface area contributed by atoms with E-state index in [4.69, 9.17) is 9.73 Å². The number of nitrogens with one attached hydrogen (secondary N) is 1. The number of hydrogen-bond acceptors (Lipinski definition) is 3. The maximum atomic E-state index is 11.5. The number of benzene rings is 1. The fourth-order valence-corrected chi connectivity index (χ4v) is 3.87. The van der Waals surface area contributed by atoms with Gasteiger partial charge in [0.1, 0.15) is 5.75 Å². The zero-order valence-corrected chi connectivity index (χ0v) is 17.3. The minimum atomic E-state index is 0.150. The van der Waals surface area contributed by atoms with Gasteiger partial charge in [-0.15, -0.1) is 0 Å². The summed E-state index contributed by atoms with van der Waals surface area (Å²) in [5.74, 6) is 2.04. The summed E-state index contributed by atoms with van der Waals surface area (Å²) < 4.78 is 6.11. The summed E-state index contributed by atoms with van der Waals surface area (Å²) in [5, 5.41) is 3.38. The molecule has 1 aromatic carbocycles. The van der Waals surface area contributed by atoms with Gasteiger partial charge in [-0.2, -0.15) is 0 Å². The summed E-state index contributed by atoms with van der Waals surface area (Å²) >= 11 is 0. The first-order valence-corrected chi connectivity index (χ1v) is 10.7. The van der Waals surface area contributed by atoms with Gasteiger partial charge in [0, 0.05) is 39.6 Å². The number of hydrogen-bond donors (Lipinski definition) is 1. The van der Waals surface area contributed by atoms with E-state index < -0.39 is 0 Å². The quantitative estimate of drug-likeness (QED) is 0.624. The van der Waals surface area contributed by atoms with Gasteiger partial charge in [-0.25, -0.2) is 4.99 Å². The molecule has 2 aliphatic rings. The largest absolute Gasteiger partial charge is 0.490 e. The third-order valence-corrected chi connectivity index (χ3v) is 5.55. The zero-order chi connectivity index (χ0) is 19.8. The topological polar surface area (TPSA) is 57.2 Å². The van der Waals surface area contributed by atoms with Crippen LogP contribution in [0.1, 0.15) is 51.5 Å². The first-order valence-electron chi connectivity index (χ1n) is 10.7. The molecule has 0 radical (unpaired) electrons. The Morgan fingerprint density at radius 2 is 1.71 bits per heavy atom. The Labute approximate surface area is 168 Å². The molecule has 0 spiro atoms. The number of aliphatic imine (C=N–C) groups is 1. The van der Waals surface area contributed by atoms with E-state index in [9.17, 15) is 4.79 Å². The van der Waals surface area contributed by atoms with Crippen molar-refractivity contribution in [3.63, 3.8) is 0 Å². The predicted octanol–water partition coefficient (Wildman–Crippen LogP) is 3.03. The molecule has 1 amide bonds. The van der Waals surface area contributed by atoms with Gasteiger partial charge in [0.2, 0.25) is 5.91 Å². The smallest absolute Gasteiger partial charge is 0.219 e. The van der Waals surface area contributed by atoms with Crippen molar-refractivity contribution in [1.82, 2.24) is 15.1 Å². The average molecular weight is 387 g/mol. The normalized spacial score (nSPS) is 18.9. The van der Waals surface area contributed by atoms with Crippen LogP contribution in [0.3, 0.4) is 0 Å². The van der Waals surface area contributed by atoms with Crippen LogP contribution < -0.4 is 10.1 Å². The summed E-state index contributed by atoms with van der Waals surface area (Å²) in [6, 6.07) is 8.36. The molecule has 1 aromatic rings. The molecule has 1 heterocycles. The molecule has 1 N–H and O–H groups in total. The molecular formula is C22H34N4O2. The number of amides is 1. The second-order valence-corrected chi connectivity index (χ2v) is 7.69. The van der Waals surface area contributed by atoms with Crippen molar-refractivity contribution in [2.24, 2.45) is 4.99 Å².